The number of rotatable bonds is 4. The molecule has 1 aliphatic carbocycles. The molecule has 11 rings (SSSR count). The van der Waals surface area contributed by atoms with Crippen molar-refractivity contribution in [2.75, 3.05) is 5.73 Å². The van der Waals surface area contributed by atoms with Gasteiger partial charge in [0, 0.05) is 28.1 Å². The zero-order valence-electron chi connectivity index (χ0n) is 29.3. The smallest absolute Gasteiger partial charge is 0.145 e. The maximum atomic E-state index is 6.60. The molecule has 0 unspecified atom stereocenters. The molecule has 0 radical (unpaired) electrons. The average Bonchev–Trinajstić information content (AvgIpc) is 3.76. The van der Waals surface area contributed by atoms with Gasteiger partial charge in [0.1, 0.15) is 17.3 Å². The van der Waals surface area contributed by atoms with Crippen molar-refractivity contribution in [1.29, 1.82) is 0 Å². The highest BCUT2D eigenvalue weighted by Crippen LogP contribution is 2.63. The lowest BCUT2D eigenvalue weighted by molar-refractivity contribution is 0.436. The Balaban J connectivity index is 1.11. The van der Waals surface area contributed by atoms with Gasteiger partial charge in [-0.25, -0.2) is 4.98 Å². The van der Waals surface area contributed by atoms with Gasteiger partial charge in [-0.15, -0.1) is 0 Å². The van der Waals surface area contributed by atoms with E-state index in [9.17, 15) is 0 Å². The van der Waals surface area contributed by atoms with E-state index >= 15 is 0 Å². The van der Waals surface area contributed by atoms with Gasteiger partial charge in [-0.05, 0) is 99.1 Å². The molecule has 1 aromatic heterocycles. The highest BCUT2D eigenvalue weighted by atomic mass is 16.5. The molecule has 1 aliphatic heterocycles. The largest absolute Gasteiger partial charge is 0.457 e. The summed E-state index contributed by atoms with van der Waals surface area (Å²) in [6, 6.07) is 66.7. The Morgan fingerprint density at radius 2 is 1.07 bits per heavy atom. The fourth-order valence-electron chi connectivity index (χ4n) is 8.91. The third kappa shape index (κ3) is 4.34. The molecule has 0 bridgehead atoms. The van der Waals surface area contributed by atoms with E-state index in [-0.39, 0.29) is 0 Å². The zero-order chi connectivity index (χ0) is 35.8. The van der Waals surface area contributed by atoms with E-state index in [1.165, 1.54) is 27.8 Å². The molecule has 2 N–H and O–H groups in total. The van der Waals surface area contributed by atoms with Gasteiger partial charge in [0.05, 0.1) is 16.4 Å². The number of aromatic nitrogens is 2. The van der Waals surface area contributed by atoms with Crippen molar-refractivity contribution < 1.29 is 4.74 Å². The minimum absolute atomic E-state index is 0.557. The first-order chi connectivity index (χ1) is 26.7. The van der Waals surface area contributed by atoms with E-state index in [1.54, 1.807) is 0 Å². The number of para-hydroxylation sites is 5. The molecule has 0 saturated carbocycles. The van der Waals surface area contributed by atoms with Gasteiger partial charge in [-0.1, -0.05) is 133 Å². The molecule has 0 amide bonds. The standard InChI is InChI=1S/C50H33N3O/c51-36-28-25-33(26-29-36)38-13-10-16-43-48(38)39-31-35(27-30-40(39)50(43)41-14-4-8-19-46(41)54-47-20-9-5-15-42(47)50)32-21-23-34(24-22-32)49-52-44-17-6-7-18-45(44)53(49)37-11-2-1-3-12-37/h1-31H,51H2. The molecule has 4 nitrogen and oxygen atoms in total. The molecule has 4 heteroatoms. The van der Waals surface area contributed by atoms with Gasteiger partial charge in [-0.2, -0.15) is 0 Å². The maximum Gasteiger partial charge on any atom is 0.145 e. The molecule has 0 fully saturated rings. The van der Waals surface area contributed by atoms with E-state index in [4.69, 9.17) is 15.5 Å². The van der Waals surface area contributed by atoms with Crippen LogP contribution in [0.15, 0.2) is 188 Å². The van der Waals surface area contributed by atoms with E-state index in [2.05, 4.69) is 168 Å². The monoisotopic (exact) mass is 691 g/mol. The normalized spacial score (nSPS) is 13.2. The number of ether oxygens (including phenoxy) is 1. The van der Waals surface area contributed by atoms with Crippen LogP contribution in [0.5, 0.6) is 11.5 Å². The van der Waals surface area contributed by atoms with Gasteiger partial charge >= 0.3 is 0 Å². The number of nitrogen functional groups attached to an aromatic ring is 1. The van der Waals surface area contributed by atoms with Crippen LogP contribution in [0, 0.1) is 0 Å². The Kier molecular flexibility index (Phi) is 6.58. The SMILES string of the molecule is Nc1ccc(-c2cccc3c2-c2cc(-c4ccc(-c5nc6ccccc6n5-c5ccccc5)cc4)ccc2C32c3ccccc3Oc3ccccc32)cc1. The Hall–Kier alpha value is -7.17. The second kappa shape index (κ2) is 11.7. The minimum atomic E-state index is -0.557. The fraction of sp³-hybridized carbons (Fsp3) is 0.0200. The van der Waals surface area contributed by atoms with Crippen LogP contribution in [0.25, 0.3) is 61.5 Å². The Morgan fingerprint density at radius 1 is 0.463 bits per heavy atom. The molecule has 0 atom stereocenters. The summed E-state index contributed by atoms with van der Waals surface area (Å²) < 4.78 is 8.85. The quantitative estimate of drug-likeness (QED) is 0.187. The third-order valence-corrected chi connectivity index (χ3v) is 11.2. The minimum Gasteiger partial charge on any atom is -0.457 e. The number of nitrogens with zero attached hydrogens (tertiary/aromatic N) is 2. The highest BCUT2D eigenvalue weighted by Gasteiger charge is 2.51. The molecule has 8 aromatic carbocycles. The molecule has 54 heavy (non-hydrogen) atoms. The summed E-state index contributed by atoms with van der Waals surface area (Å²) in [5.41, 5.74) is 22.4. The summed E-state index contributed by atoms with van der Waals surface area (Å²) in [4.78, 5) is 5.11. The van der Waals surface area contributed by atoms with Gasteiger partial charge in [0.25, 0.3) is 0 Å². The second-order valence-electron chi connectivity index (χ2n) is 14.1. The van der Waals surface area contributed by atoms with Gasteiger partial charge in [0.2, 0.25) is 0 Å². The third-order valence-electron chi connectivity index (χ3n) is 11.2. The first-order valence-corrected chi connectivity index (χ1v) is 18.3. The lowest BCUT2D eigenvalue weighted by atomic mass is 9.66. The van der Waals surface area contributed by atoms with E-state index in [0.717, 1.165) is 73.1 Å². The average molecular weight is 692 g/mol. The number of benzene rings is 8. The summed E-state index contributed by atoms with van der Waals surface area (Å²) in [7, 11) is 0. The summed E-state index contributed by atoms with van der Waals surface area (Å²) >= 11 is 0. The number of hydrogen-bond donors (Lipinski definition) is 1. The van der Waals surface area contributed by atoms with Crippen molar-refractivity contribution in [3.05, 3.63) is 210 Å². The fourth-order valence-corrected chi connectivity index (χ4v) is 8.91. The maximum absolute atomic E-state index is 6.60. The highest BCUT2D eigenvalue weighted by molar-refractivity contribution is 5.98. The topological polar surface area (TPSA) is 53.1 Å². The molecule has 2 aliphatic rings. The summed E-state index contributed by atoms with van der Waals surface area (Å²) in [6.45, 7) is 0. The van der Waals surface area contributed by atoms with Crippen LogP contribution in [-0.2, 0) is 5.41 Å². The molecular formula is C50H33N3O. The van der Waals surface area contributed by atoms with Crippen molar-refractivity contribution in [3.8, 4) is 62.0 Å². The molecular weight excluding hydrogens is 659 g/mol. The Morgan fingerprint density at radius 3 is 1.83 bits per heavy atom. The van der Waals surface area contributed by atoms with Crippen LogP contribution in [0.3, 0.4) is 0 Å². The zero-order valence-corrected chi connectivity index (χ0v) is 29.3. The van der Waals surface area contributed by atoms with Crippen LogP contribution < -0.4 is 10.5 Å². The van der Waals surface area contributed by atoms with Crippen molar-refractivity contribution in [1.82, 2.24) is 9.55 Å². The van der Waals surface area contributed by atoms with Crippen molar-refractivity contribution in [2.45, 2.75) is 5.41 Å². The summed E-state index contributed by atoms with van der Waals surface area (Å²) in [5.74, 6) is 2.69. The number of imidazole rings is 1. The molecule has 9 aromatic rings. The number of fused-ring (bicyclic) bond motifs is 10. The summed E-state index contributed by atoms with van der Waals surface area (Å²) in [6.07, 6.45) is 0. The van der Waals surface area contributed by atoms with Crippen LogP contribution in [-0.4, -0.2) is 9.55 Å². The lowest BCUT2D eigenvalue weighted by Gasteiger charge is -2.39. The van der Waals surface area contributed by atoms with Crippen LogP contribution in [0.2, 0.25) is 0 Å². The first-order valence-electron chi connectivity index (χ1n) is 18.3. The van der Waals surface area contributed by atoms with E-state index in [0.29, 0.717) is 0 Å². The number of nitrogens with two attached hydrogens (primary N) is 1. The van der Waals surface area contributed by atoms with Crippen molar-refractivity contribution in [3.63, 3.8) is 0 Å². The van der Waals surface area contributed by atoms with Gasteiger partial charge in [-0.3, -0.25) is 4.57 Å². The molecule has 0 saturated heterocycles. The Labute approximate surface area is 313 Å². The van der Waals surface area contributed by atoms with Crippen LogP contribution in [0.1, 0.15) is 22.3 Å². The lowest BCUT2D eigenvalue weighted by Crippen LogP contribution is -2.32. The van der Waals surface area contributed by atoms with E-state index in [1.807, 2.05) is 24.3 Å². The van der Waals surface area contributed by atoms with Crippen LogP contribution in [0.4, 0.5) is 5.69 Å². The first kappa shape index (κ1) is 30.5. The van der Waals surface area contributed by atoms with Crippen molar-refractivity contribution >= 4 is 16.7 Å². The van der Waals surface area contributed by atoms with Gasteiger partial charge in [0.15, 0.2) is 0 Å². The summed E-state index contributed by atoms with van der Waals surface area (Å²) in [5, 5.41) is 0. The molecule has 254 valence electrons. The van der Waals surface area contributed by atoms with Gasteiger partial charge < -0.3 is 10.5 Å². The Bertz CT molecular complexity index is 2860. The second-order valence-corrected chi connectivity index (χ2v) is 14.1. The molecule has 1 spiro atoms. The number of anilines is 1. The molecule has 2 heterocycles. The predicted molar refractivity (Wildman–Crippen MR) is 219 cm³/mol. The number of hydrogen-bond acceptors (Lipinski definition) is 3. The van der Waals surface area contributed by atoms with Crippen molar-refractivity contribution in [2.24, 2.45) is 0 Å². The van der Waals surface area contributed by atoms with Crippen LogP contribution >= 0.6 is 0 Å². The van der Waals surface area contributed by atoms with E-state index < -0.39 is 5.41 Å². The predicted octanol–water partition coefficient (Wildman–Crippen LogP) is 12.1.